The zero-order valence-corrected chi connectivity index (χ0v) is 16.4. The van der Waals surface area contributed by atoms with Crippen LogP contribution in [-0.2, 0) is 11.2 Å². The Labute approximate surface area is 172 Å². The number of para-hydroxylation sites is 1. The van der Waals surface area contributed by atoms with E-state index < -0.39 is 18.9 Å². The number of carbonyl (C=O) groups is 1. The molecule has 0 fully saturated rings. The van der Waals surface area contributed by atoms with Crippen molar-refractivity contribution in [2.45, 2.75) is 25.1 Å². The van der Waals surface area contributed by atoms with Crippen molar-refractivity contribution < 1.29 is 37.3 Å². The summed E-state index contributed by atoms with van der Waals surface area (Å²) in [4.78, 5) is 12.0. The fraction of sp³-hybridized carbons (Fsp3) is 0.381. The Bertz CT molecular complexity index is 799. The summed E-state index contributed by atoms with van der Waals surface area (Å²) in [6, 6.07) is 13.5. The number of hydrogen-bond acceptors (Lipinski definition) is 5. The standard InChI is InChI=1S/C21H24F3NO5/c1-28-19-11-15(7-9-18(19)30-14-21(22,23)24)8-10-20(27)25-12-16(26)13-29-17-5-3-2-4-6-17/h2-7,9,11,16,26H,8,10,12-14H2,1H3,(H,25,27). The molecule has 2 N–H and O–H groups in total. The van der Waals surface area contributed by atoms with Gasteiger partial charge in [0.1, 0.15) is 18.5 Å². The van der Waals surface area contributed by atoms with Gasteiger partial charge in [0.2, 0.25) is 5.91 Å². The molecule has 0 aliphatic rings. The van der Waals surface area contributed by atoms with Gasteiger partial charge in [-0.2, -0.15) is 13.2 Å². The summed E-state index contributed by atoms with van der Waals surface area (Å²) >= 11 is 0. The first kappa shape index (κ1) is 23.3. The molecule has 0 aromatic heterocycles. The van der Waals surface area contributed by atoms with E-state index in [1.165, 1.54) is 19.2 Å². The zero-order chi connectivity index (χ0) is 22.0. The number of aliphatic hydroxyl groups excluding tert-OH is 1. The van der Waals surface area contributed by atoms with Crippen LogP contribution >= 0.6 is 0 Å². The molecule has 0 radical (unpaired) electrons. The van der Waals surface area contributed by atoms with Crippen LogP contribution in [0.15, 0.2) is 48.5 Å². The maximum atomic E-state index is 12.3. The number of rotatable bonds is 11. The predicted octanol–water partition coefficient (Wildman–Crippen LogP) is 3.13. The molecule has 1 unspecified atom stereocenters. The van der Waals surface area contributed by atoms with E-state index in [2.05, 4.69) is 5.32 Å². The molecule has 0 aliphatic heterocycles. The molecule has 0 saturated carbocycles. The topological polar surface area (TPSA) is 77.0 Å². The molecular formula is C21H24F3NO5. The van der Waals surface area contributed by atoms with Crippen LogP contribution in [-0.4, -0.2) is 50.2 Å². The maximum Gasteiger partial charge on any atom is 0.422 e. The highest BCUT2D eigenvalue weighted by atomic mass is 19.4. The summed E-state index contributed by atoms with van der Waals surface area (Å²) < 4.78 is 52.1. The number of methoxy groups -OCH3 is 1. The number of benzene rings is 2. The van der Waals surface area contributed by atoms with Gasteiger partial charge >= 0.3 is 6.18 Å². The van der Waals surface area contributed by atoms with Crippen LogP contribution < -0.4 is 19.5 Å². The van der Waals surface area contributed by atoms with Crippen molar-refractivity contribution >= 4 is 5.91 Å². The fourth-order valence-corrected chi connectivity index (χ4v) is 2.49. The number of nitrogens with one attached hydrogen (secondary N) is 1. The molecule has 30 heavy (non-hydrogen) atoms. The molecule has 6 nitrogen and oxygen atoms in total. The number of aliphatic hydroxyl groups is 1. The van der Waals surface area contributed by atoms with Crippen molar-refractivity contribution in [3.8, 4) is 17.2 Å². The van der Waals surface area contributed by atoms with E-state index in [4.69, 9.17) is 14.2 Å². The van der Waals surface area contributed by atoms with Crippen LogP contribution in [0.25, 0.3) is 0 Å². The SMILES string of the molecule is COc1cc(CCC(=O)NCC(O)COc2ccccc2)ccc1OCC(F)(F)F. The Hall–Kier alpha value is -2.94. The van der Waals surface area contributed by atoms with Gasteiger partial charge in [0.15, 0.2) is 18.1 Å². The second kappa shape index (κ2) is 11.3. The van der Waals surface area contributed by atoms with E-state index in [1.807, 2.05) is 18.2 Å². The number of halogens is 3. The zero-order valence-electron chi connectivity index (χ0n) is 16.4. The molecule has 0 aliphatic carbocycles. The first-order valence-corrected chi connectivity index (χ1v) is 9.26. The largest absolute Gasteiger partial charge is 0.493 e. The van der Waals surface area contributed by atoms with Gasteiger partial charge in [0.05, 0.1) is 7.11 Å². The predicted molar refractivity (Wildman–Crippen MR) is 104 cm³/mol. The van der Waals surface area contributed by atoms with E-state index in [1.54, 1.807) is 18.2 Å². The molecule has 0 heterocycles. The monoisotopic (exact) mass is 427 g/mol. The van der Waals surface area contributed by atoms with Crippen LogP contribution in [0.2, 0.25) is 0 Å². The van der Waals surface area contributed by atoms with Crippen molar-refractivity contribution in [1.82, 2.24) is 5.32 Å². The fourth-order valence-electron chi connectivity index (χ4n) is 2.49. The average Bonchev–Trinajstić information content (AvgIpc) is 2.73. The molecule has 2 aromatic carbocycles. The molecular weight excluding hydrogens is 403 g/mol. The normalized spacial score (nSPS) is 12.2. The number of alkyl halides is 3. The third-order valence-electron chi connectivity index (χ3n) is 3.98. The van der Waals surface area contributed by atoms with Crippen LogP contribution in [0.5, 0.6) is 17.2 Å². The molecule has 0 saturated heterocycles. The highest BCUT2D eigenvalue weighted by molar-refractivity contribution is 5.76. The Morgan fingerprint density at radius 1 is 1.10 bits per heavy atom. The minimum absolute atomic E-state index is 0.0236. The summed E-state index contributed by atoms with van der Waals surface area (Å²) in [7, 11) is 1.32. The van der Waals surface area contributed by atoms with Gasteiger partial charge in [-0.1, -0.05) is 24.3 Å². The van der Waals surface area contributed by atoms with E-state index in [0.29, 0.717) is 17.7 Å². The van der Waals surface area contributed by atoms with Crippen LogP contribution in [0.4, 0.5) is 13.2 Å². The minimum Gasteiger partial charge on any atom is -0.493 e. The van der Waals surface area contributed by atoms with E-state index >= 15 is 0 Å². The number of hydrogen-bond donors (Lipinski definition) is 2. The second-order valence-electron chi connectivity index (χ2n) is 6.47. The van der Waals surface area contributed by atoms with Crippen molar-refractivity contribution in [2.75, 3.05) is 26.9 Å². The lowest BCUT2D eigenvalue weighted by Gasteiger charge is -2.14. The van der Waals surface area contributed by atoms with Gasteiger partial charge in [-0.25, -0.2) is 0 Å². The summed E-state index contributed by atoms with van der Waals surface area (Å²) in [6.07, 6.45) is -4.83. The molecule has 1 atom stereocenters. The quantitative estimate of drug-likeness (QED) is 0.576. The van der Waals surface area contributed by atoms with Crippen molar-refractivity contribution in [1.29, 1.82) is 0 Å². The lowest BCUT2D eigenvalue weighted by molar-refractivity contribution is -0.153. The third kappa shape index (κ3) is 8.60. The summed E-state index contributed by atoms with van der Waals surface area (Å²) in [5.41, 5.74) is 0.703. The van der Waals surface area contributed by atoms with Gasteiger partial charge < -0.3 is 24.6 Å². The number of carbonyl (C=O) groups excluding carboxylic acids is 1. The summed E-state index contributed by atoms with van der Waals surface area (Å²) in [5, 5.41) is 12.5. The Morgan fingerprint density at radius 2 is 1.83 bits per heavy atom. The minimum atomic E-state index is -4.45. The third-order valence-corrected chi connectivity index (χ3v) is 3.98. The summed E-state index contributed by atoms with van der Waals surface area (Å²) in [5.74, 6) is 0.486. The van der Waals surface area contributed by atoms with Gasteiger partial charge in [-0.3, -0.25) is 4.79 Å². The molecule has 2 aromatic rings. The Balaban J connectivity index is 1.74. The van der Waals surface area contributed by atoms with Crippen molar-refractivity contribution in [3.05, 3.63) is 54.1 Å². The van der Waals surface area contributed by atoms with Gasteiger partial charge in [-0.05, 0) is 36.2 Å². The van der Waals surface area contributed by atoms with E-state index in [9.17, 15) is 23.1 Å². The Kier molecular flexibility index (Phi) is 8.79. The molecule has 0 spiro atoms. The molecule has 0 bridgehead atoms. The first-order valence-electron chi connectivity index (χ1n) is 9.26. The lowest BCUT2D eigenvalue weighted by atomic mass is 10.1. The van der Waals surface area contributed by atoms with Gasteiger partial charge in [0.25, 0.3) is 0 Å². The lowest BCUT2D eigenvalue weighted by Crippen LogP contribution is -2.35. The number of ether oxygens (including phenoxy) is 3. The summed E-state index contributed by atoms with van der Waals surface area (Å²) in [6.45, 7) is -1.33. The molecule has 164 valence electrons. The maximum absolute atomic E-state index is 12.3. The highest BCUT2D eigenvalue weighted by Crippen LogP contribution is 2.30. The van der Waals surface area contributed by atoms with Gasteiger partial charge in [-0.15, -0.1) is 0 Å². The van der Waals surface area contributed by atoms with E-state index in [-0.39, 0.29) is 37.0 Å². The number of aryl methyl sites for hydroxylation is 1. The smallest absolute Gasteiger partial charge is 0.422 e. The molecule has 1 amide bonds. The van der Waals surface area contributed by atoms with Crippen molar-refractivity contribution in [2.24, 2.45) is 0 Å². The van der Waals surface area contributed by atoms with E-state index in [0.717, 1.165) is 0 Å². The molecule has 2 rings (SSSR count). The average molecular weight is 427 g/mol. The molecule has 9 heteroatoms. The second-order valence-corrected chi connectivity index (χ2v) is 6.47. The van der Waals surface area contributed by atoms with Crippen LogP contribution in [0.1, 0.15) is 12.0 Å². The van der Waals surface area contributed by atoms with Crippen LogP contribution in [0, 0.1) is 0 Å². The first-order chi connectivity index (χ1) is 14.3. The number of amides is 1. The van der Waals surface area contributed by atoms with Crippen molar-refractivity contribution in [3.63, 3.8) is 0 Å². The van der Waals surface area contributed by atoms with Gasteiger partial charge in [0, 0.05) is 13.0 Å². The highest BCUT2D eigenvalue weighted by Gasteiger charge is 2.29. The van der Waals surface area contributed by atoms with Crippen LogP contribution in [0.3, 0.4) is 0 Å². The Morgan fingerprint density at radius 3 is 2.50 bits per heavy atom.